The van der Waals surface area contributed by atoms with Crippen molar-refractivity contribution in [3.8, 4) is 11.5 Å². The molecule has 19 heavy (non-hydrogen) atoms. The van der Waals surface area contributed by atoms with Crippen LogP contribution in [-0.4, -0.2) is 16.0 Å². The summed E-state index contributed by atoms with van der Waals surface area (Å²) in [6.45, 7) is 1.54. The van der Waals surface area contributed by atoms with E-state index < -0.39 is 0 Å². The minimum Gasteiger partial charge on any atom is -0.508 e. The molecule has 0 aromatic heterocycles. The second kappa shape index (κ2) is 5.57. The van der Waals surface area contributed by atoms with Crippen LogP contribution in [0.2, 0.25) is 0 Å². The van der Waals surface area contributed by atoms with Crippen LogP contribution < -0.4 is 0 Å². The van der Waals surface area contributed by atoms with Crippen LogP contribution >= 0.6 is 0 Å². The highest BCUT2D eigenvalue weighted by molar-refractivity contribution is 5.94. The normalized spacial score (nSPS) is 10.4. The van der Waals surface area contributed by atoms with Gasteiger partial charge in [-0.1, -0.05) is 24.3 Å². The third-order valence-electron chi connectivity index (χ3n) is 3.12. The van der Waals surface area contributed by atoms with Crippen LogP contribution in [0, 0.1) is 0 Å². The van der Waals surface area contributed by atoms with E-state index in [2.05, 4.69) is 0 Å². The molecule has 2 rings (SSSR count). The number of Topliss-reactive ketones (excluding diaryl/α,β-unsaturated/α-hetero) is 1. The van der Waals surface area contributed by atoms with Gasteiger partial charge in [-0.3, -0.25) is 4.79 Å². The van der Waals surface area contributed by atoms with Crippen molar-refractivity contribution >= 4 is 5.78 Å². The summed E-state index contributed by atoms with van der Waals surface area (Å²) in [5.41, 5.74) is 2.23. The maximum atomic E-state index is 11.3. The smallest absolute Gasteiger partial charge is 0.159 e. The van der Waals surface area contributed by atoms with E-state index >= 15 is 0 Å². The Morgan fingerprint density at radius 1 is 1.00 bits per heavy atom. The van der Waals surface area contributed by atoms with E-state index in [1.165, 1.54) is 6.92 Å². The number of benzene rings is 2. The molecule has 0 amide bonds. The SMILES string of the molecule is CC(=O)c1cccc(CCc2c(O)cccc2O)c1. The van der Waals surface area contributed by atoms with Crippen molar-refractivity contribution in [1.82, 2.24) is 0 Å². The van der Waals surface area contributed by atoms with Gasteiger partial charge in [0.25, 0.3) is 0 Å². The van der Waals surface area contributed by atoms with E-state index in [9.17, 15) is 15.0 Å². The Hall–Kier alpha value is -2.29. The Labute approximate surface area is 112 Å². The van der Waals surface area contributed by atoms with Crippen molar-refractivity contribution < 1.29 is 15.0 Å². The molecule has 0 radical (unpaired) electrons. The van der Waals surface area contributed by atoms with Gasteiger partial charge < -0.3 is 10.2 Å². The zero-order chi connectivity index (χ0) is 13.8. The van der Waals surface area contributed by atoms with Crippen LogP contribution in [0.4, 0.5) is 0 Å². The summed E-state index contributed by atoms with van der Waals surface area (Å²) in [5.74, 6) is 0.234. The maximum Gasteiger partial charge on any atom is 0.159 e. The Morgan fingerprint density at radius 3 is 2.26 bits per heavy atom. The Bertz CT molecular complexity index is 582. The van der Waals surface area contributed by atoms with Gasteiger partial charge in [-0.15, -0.1) is 0 Å². The van der Waals surface area contributed by atoms with Gasteiger partial charge >= 0.3 is 0 Å². The molecule has 2 N–H and O–H groups in total. The van der Waals surface area contributed by atoms with Crippen molar-refractivity contribution in [2.75, 3.05) is 0 Å². The third kappa shape index (κ3) is 3.13. The van der Waals surface area contributed by atoms with Crippen LogP contribution in [-0.2, 0) is 12.8 Å². The molecular weight excluding hydrogens is 240 g/mol. The average molecular weight is 256 g/mol. The second-order valence-electron chi connectivity index (χ2n) is 4.53. The molecule has 0 unspecified atom stereocenters. The van der Waals surface area contributed by atoms with Gasteiger partial charge in [0.05, 0.1) is 0 Å². The van der Waals surface area contributed by atoms with E-state index in [0.717, 1.165) is 5.56 Å². The zero-order valence-corrected chi connectivity index (χ0v) is 10.8. The first-order valence-corrected chi connectivity index (χ1v) is 6.17. The summed E-state index contributed by atoms with van der Waals surface area (Å²) >= 11 is 0. The monoisotopic (exact) mass is 256 g/mol. The maximum absolute atomic E-state index is 11.3. The number of aryl methyl sites for hydroxylation is 1. The molecule has 0 heterocycles. The summed E-state index contributed by atoms with van der Waals surface area (Å²) in [5, 5.41) is 19.4. The van der Waals surface area contributed by atoms with Crippen LogP contribution in [0.1, 0.15) is 28.4 Å². The molecule has 98 valence electrons. The lowest BCUT2D eigenvalue weighted by Gasteiger charge is -2.07. The summed E-state index contributed by atoms with van der Waals surface area (Å²) < 4.78 is 0. The summed E-state index contributed by atoms with van der Waals surface area (Å²) in [7, 11) is 0. The number of carbonyl (C=O) groups is 1. The van der Waals surface area contributed by atoms with Crippen molar-refractivity contribution in [2.24, 2.45) is 0 Å². The molecule has 0 atom stereocenters. The van der Waals surface area contributed by atoms with Gasteiger partial charge in [-0.2, -0.15) is 0 Å². The summed E-state index contributed by atoms with van der Waals surface area (Å²) in [4.78, 5) is 11.3. The molecule has 0 bridgehead atoms. The number of aromatic hydroxyl groups is 2. The molecule has 2 aromatic rings. The third-order valence-corrected chi connectivity index (χ3v) is 3.12. The quantitative estimate of drug-likeness (QED) is 0.826. The number of hydrogen-bond donors (Lipinski definition) is 2. The first kappa shape index (κ1) is 13.1. The van der Waals surface area contributed by atoms with Gasteiger partial charge in [0, 0.05) is 11.1 Å². The molecule has 0 aliphatic rings. The van der Waals surface area contributed by atoms with Gasteiger partial charge in [-0.25, -0.2) is 0 Å². The van der Waals surface area contributed by atoms with Crippen molar-refractivity contribution in [1.29, 1.82) is 0 Å². The van der Waals surface area contributed by atoms with Crippen LogP contribution in [0.5, 0.6) is 11.5 Å². The fourth-order valence-corrected chi connectivity index (χ4v) is 2.03. The summed E-state index contributed by atoms with van der Waals surface area (Å²) in [6, 6.07) is 12.1. The Kier molecular flexibility index (Phi) is 3.85. The van der Waals surface area contributed by atoms with Gasteiger partial charge in [0.2, 0.25) is 0 Å². The largest absolute Gasteiger partial charge is 0.508 e. The van der Waals surface area contributed by atoms with Crippen LogP contribution in [0.3, 0.4) is 0 Å². The van der Waals surface area contributed by atoms with Crippen LogP contribution in [0.25, 0.3) is 0 Å². The second-order valence-corrected chi connectivity index (χ2v) is 4.53. The molecule has 3 heteroatoms. The number of rotatable bonds is 4. The molecule has 2 aromatic carbocycles. The number of phenolic OH excluding ortho intramolecular Hbond substituents is 2. The topological polar surface area (TPSA) is 57.5 Å². The standard InChI is InChI=1S/C16H16O3/c1-11(17)13-5-2-4-12(10-13)8-9-14-15(18)6-3-7-16(14)19/h2-7,10,18-19H,8-9H2,1H3. The van der Waals surface area contributed by atoms with Crippen molar-refractivity contribution in [3.63, 3.8) is 0 Å². The molecule has 3 nitrogen and oxygen atoms in total. The van der Waals surface area contributed by atoms with Crippen molar-refractivity contribution in [3.05, 3.63) is 59.2 Å². The van der Waals surface area contributed by atoms with E-state index in [0.29, 0.717) is 24.0 Å². The number of hydrogen-bond acceptors (Lipinski definition) is 3. The molecular formula is C16H16O3. The van der Waals surface area contributed by atoms with Gasteiger partial charge in [-0.05, 0) is 43.5 Å². The highest BCUT2D eigenvalue weighted by Crippen LogP contribution is 2.27. The van der Waals surface area contributed by atoms with Gasteiger partial charge in [0.15, 0.2) is 5.78 Å². The first-order chi connectivity index (χ1) is 9.08. The first-order valence-electron chi connectivity index (χ1n) is 6.17. The van der Waals surface area contributed by atoms with Gasteiger partial charge in [0.1, 0.15) is 11.5 Å². The van der Waals surface area contributed by atoms with E-state index in [1.807, 2.05) is 18.2 Å². The molecule has 0 saturated carbocycles. The Balaban J connectivity index is 2.15. The number of phenols is 2. The number of carbonyl (C=O) groups excluding carboxylic acids is 1. The molecule has 0 aliphatic heterocycles. The predicted molar refractivity (Wildman–Crippen MR) is 73.6 cm³/mol. The Morgan fingerprint density at radius 2 is 1.63 bits per heavy atom. The average Bonchev–Trinajstić information content (AvgIpc) is 2.38. The lowest BCUT2D eigenvalue weighted by Crippen LogP contribution is -1.96. The van der Waals surface area contributed by atoms with E-state index in [-0.39, 0.29) is 17.3 Å². The fourth-order valence-electron chi connectivity index (χ4n) is 2.03. The minimum absolute atomic E-state index is 0.0345. The lowest BCUT2D eigenvalue weighted by atomic mass is 10.0. The summed E-state index contributed by atoms with van der Waals surface area (Å²) in [6.07, 6.45) is 1.19. The predicted octanol–water partition coefficient (Wildman–Crippen LogP) is 3.09. The highest BCUT2D eigenvalue weighted by Gasteiger charge is 2.07. The molecule has 0 aliphatic carbocycles. The van der Waals surface area contributed by atoms with Crippen LogP contribution in [0.15, 0.2) is 42.5 Å². The number of ketones is 1. The zero-order valence-electron chi connectivity index (χ0n) is 10.8. The molecule has 0 saturated heterocycles. The molecule has 0 fully saturated rings. The minimum atomic E-state index is 0.0345. The van der Waals surface area contributed by atoms with E-state index in [1.54, 1.807) is 24.3 Å². The van der Waals surface area contributed by atoms with Crippen molar-refractivity contribution in [2.45, 2.75) is 19.8 Å². The molecule has 0 spiro atoms. The fraction of sp³-hybridized carbons (Fsp3) is 0.188. The van der Waals surface area contributed by atoms with E-state index in [4.69, 9.17) is 0 Å². The lowest BCUT2D eigenvalue weighted by molar-refractivity contribution is 0.101. The highest BCUT2D eigenvalue weighted by atomic mass is 16.3.